The molecule has 0 amide bonds. The minimum Gasteiger partial charge on any atom is -0.382 e. The zero-order chi connectivity index (χ0) is 13.9. The van der Waals surface area contributed by atoms with Gasteiger partial charge in [0.1, 0.15) is 0 Å². The van der Waals surface area contributed by atoms with Gasteiger partial charge in [-0.25, -0.2) is 0 Å². The van der Waals surface area contributed by atoms with Gasteiger partial charge >= 0.3 is 6.18 Å². The van der Waals surface area contributed by atoms with Crippen molar-refractivity contribution in [2.24, 2.45) is 0 Å². The summed E-state index contributed by atoms with van der Waals surface area (Å²) in [6, 6.07) is 1.75. The maximum Gasteiger partial charge on any atom is 0.416 e. The van der Waals surface area contributed by atoms with E-state index in [2.05, 4.69) is 5.32 Å². The molecule has 1 aromatic carbocycles. The van der Waals surface area contributed by atoms with E-state index >= 15 is 0 Å². The van der Waals surface area contributed by atoms with Gasteiger partial charge in [0.15, 0.2) is 0 Å². The second kappa shape index (κ2) is 6.26. The van der Waals surface area contributed by atoms with Crippen LogP contribution < -0.4 is 5.32 Å². The van der Waals surface area contributed by atoms with Gasteiger partial charge in [0.2, 0.25) is 0 Å². The number of rotatable bonds is 4. The molecule has 18 heavy (non-hydrogen) atoms. The van der Waals surface area contributed by atoms with Gasteiger partial charge in [0.05, 0.1) is 21.3 Å². The second-order valence-corrected chi connectivity index (χ2v) is 5.83. The van der Waals surface area contributed by atoms with Crippen LogP contribution in [0.3, 0.4) is 0 Å². The van der Waals surface area contributed by atoms with E-state index in [0.29, 0.717) is 17.5 Å². The summed E-state index contributed by atoms with van der Waals surface area (Å²) in [5, 5.41) is 3.21. The summed E-state index contributed by atoms with van der Waals surface area (Å²) in [5.41, 5.74) is -0.506. The van der Waals surface area contributed by atoms with Crippen LogP contribution in [0.25, 0.3) is 0 Å². The highest BCUT2D eigenvalue weighted by Gasteiger charge is 2.32. The average molecular weight is 318 g/mol. The van der Waals surface area contributed by atoms with Crippen LogP contribution in [0.1, 0.15) is 12.5 Å². The maximum atomic E-state index is 12.5. The molecule has 0 aromatic heterocycles. The van der Waals surface area contributed by atoms with E-state index < -0.39 is 11.7 Å². The summed E-state index contributed by atoms with van der Waals surface area (Å²) in [5.74, 6) is 0. The Morgan fingerprint density at radius 2 is 1.78 bits per heavy atom. The Bertz CT molecular complexity index is 400. The predicted molar refractivity (Wildman–Crippen MR) is 72.9 cm³/mol. The molecule has 1 atom stereocenters. The summed E-state index contributed by atoms with van der Waals surface area (Å²) >= 11 is 13.3. The smallest absolute Gasteiger partial charge is 0.382 e. The molecule has 1 nitrogen and oxygen atoms in total. The van der Waals surface area contributed by atoms with Crippen molar-refractivity contribution in [3.05, 3.63) is 27.7 Å². The summed E-state index contributed by atoms with van der Waals surface area (Å²) in [4.78, 5) is 0. The van der Waals surface area contributed by atoms with Crippen LogP contribution in [0.4, 0.5) is 18.9 Å². The lowest BCUT2D eigenvalue weighted by Gasteiger charge is -2.16. The molecule has 0 spiro atoms. The Morgan fingerprint density at radius 3 is 2.17 bits per heavy atom. The topological polar surface area (TPSA) is 12.0 Å². The predicted octanol–water partition coefficient (Wildman–Crippen LogP) is 5.18. The number of thioether (sulfide) groups is 1. The van der Waals surface area contributed by atoms with Crippen LogP contribution in [0.15, 0.2) is 12.1 Å². The molecular formula is C11H12Cl2F3NS. The van der Waals surface area contributed by atoms with Crippen molar-refractivity contribution in [1.29, 1.82) is 0 Å². The number of hydrogen-bond acceptors (Lipinski definition) is 2. The van der Waals surface area contributed by atoms with Crippen LogP contribution in [-0.2, 0) is 6.18 Å². The van der Waals surface area contributed by atoms with E-state index in [1.807, 2.05) is 13.2 Å². The van der Waals surface area contributed by atoms with E-state index in [1.165, 1.54) is 0 Å². The lowest BCUT2D eigenvalue weighted by molar-refractivity contribution is -0.137. The summed E-state index contributed by atoms with van der Waals surface area (Å²) in [6.45, 7) is 2.57. The minimum atomic E-state index is -4.45. The number of anilines is 1. The maximum absolute atomic E-state index is 12.5. The molecule has 0 bridgehead atoms. The monoisotopic (exact) mass is 317 g/mol. The number of benzene rings is 1. The van der Waals surface area contributed by atoms with E-state index in [0.717, 1.165) is 12.1 Å². The van der Waals surface area contributed by atoms with Crippen molar-refractivity contribution >= 4 is 40.7 Å². The number of nitrogens with one attached hydrogen (secondary N) is 1. The second-order valence-electron chi connectivity index (χ2n) is 3.74. The lowest BCUT2D eigenvalue weighted by Crippen LogP contribution is -2.14. The molecule has 0 saturated carbocycles. The lowest BCUT2D eigenvalue weighted by atomic mass is 10.2. The molecule has 1 aromatic rings. The Balaban J connectivity index is 2.95. The number of halogens is 5. The quantitative estimate of drug-likeness (QED) is 0.821. The first kappa shape index (κ1) is 15.8. The fourth-order valence-electron chi connectivity index (χ4n) is 1.23. The van der Waals surface area contributed by atoms with Crippen LogP contribution >= 0.6 is 35.0 Å². The van der Waals surface area contributed by atoms with Gasteiger partial charge in [-0.2, -0.15) is 24.9 Å². The van der Waals surface area contributed by atoms with Crippen molar-refractivity contribution in [2.75, 3.05) is 18.1 Å². The first-order valence-corrected chi connectivity index (χ1v) is 7.13. The van der Waals surface area contributed by atoms with Gasteiger partial charge in [-0.15, -0.1) is 0 Å². The van der Waals surface area contributed by atoms with E-state index in [4.69, 9.17) is 23.2 Å². The number of hydrogen-bond donors (Lipinski definition) is 1. The Morgan fingerprint density at radius 1 is 1.28 bits per heavy atom. The van der Waals surface area contributed by atoms with Gasteiger partial charge in [0, 0.05) is 11.8 Å². The Labute approximate surface area is 118 Å². The van der Waals surface area contributed by atoms with Gasteiger partial charge in [-0.1, -0.05) is 30.1 Å². The van der Waals surface area contributed by atoms with Crippen LogP contribution in [-0.4, -0.2) is 18.1 Å². The van der Waals surface area contributed by atoms with Crippen molar-refractivity contribution in [1.82, 2.24) is 0 Å². The van der Waals surface area contributed by atoms with Gasteiger partial charge in [0.25, 0.3) is 0 Å². The fourth-order valence-corrected chi connectivity index (χ4v) is 2.11. The van der Waals surface area contributed by atoms with Crippen molar-refractivity contribution in [3.63, 3.8) is 0 Å². The van der Waals surface area contributed by atoms with Crippen molar-refractivity contribution in [3.8, 4) is 0 Å². The standard InChI is InChI=1S/C11H12Cl2F3NS/c1-6(18-2)5-17-10-8(12)3-7(4-9(10)13)11(14,15)16/h3-4,6,17H,5H2,1-2H3. The first-order valence-electron chi connectivity index (χ1n) is 5.08. The van der Waals surface area contributed by atoms with Crippen LogP contribution in [0, 0.1) is 0 Å². The molecule has 0 aliphatic carbocycles. The molecule has 0 heterocycles. The average Bonchev–Trinajstić information content (AvgIpc) is 2.26. The SMILES string of the molecule is CSC(C)CNc1c(Cl)cc(C(F)(F)F)cc1Cl. The third kappa shape index (κ3) is 4.14. The molecule has 7 heteroatoms. The third-order valence-electron chi connectivity index (χ3n) is 2.34. The van der Waals surface area contributed by atoms with E-state index in [1.54, 1.807) is 11.8 Å². The zero-order valence-corrected chi connectivity index (χ0v) is 12.1. The largest absolute Gasteiger partial charge is 0.416 e. The molecule has 1 unspecified atom stereocenters. The Kier molecular flexibility index (Phi) is 5.49. The third-order valence-corrected chi connectivity index (χ3v) is 3.91. The van der Waals surface area contributed by atoms with Gasteiger partial charge in [-0.05, 0) is 18.4 Å². The molecule has 0 fully saturated rings. The molecule has 0 aliphatic rings. The normalized spacial score (nSPS) is 13.5. The molecule has 0 radical (unpaired) electrons. The van der Waals surface area contributed by atoms with E-state index in [-0.39, 0.29) is 10.0 Å². The highest BCUT2D eigenvalue weighted by atomic mass is 35.5. The fraction of sp³-hybridized carbons (Fsp3) is 0.455. The molecular weight excluding hydrogens is 306 g/mol. The van der Waals surface area contributed by atoms with Gasteiger partial charge in [-0.3, -0.25) is 0 Å². The highest BCUT2D eigenvalue weighted by Crippen LogP contribution is 2.38. The van der Waals surface area contributed by atoms with Crippen LogP contribution in [0.5, 0.6) is 0 Å². The number of alkyl halides is 3. The molecule has 0 saturated heterocycles. The minimum absolute atomic E-state index is 0.0249. The molecule has 1 rings (SSSR count). The zero-order valence-electron chi connectivity index (χ0n) is 9.74. The van der Waals surface area contributed by atoms with Crippen LogP contribution in [0.2, 0.25) is 10.0 Å². The van der Waals surface area contributed by atoms with Crippen molar-refractivity contribution < 1.29 is 13.2 Å². The molecule has 0 aliphatic heterocycles. The molecule has 1 N–H and O–H groups in total. The summed E-state index contributed by atoms with van der Waals surface area (Å²) in [7, 11) is 0. The van der Waals surface area contributed by atoms with Gasteiger partial charge < -0.3 is 5.32 Å². The highest BCUT2D eigenvalue weighted by molar-refractivity contribution is 7.99. The summed E-state index contributed by atoms with van der Waals surface area (Å²) < 4.78 is 37.5. The first-order chi connectivity index (χ1) is 8.25. The van der Waals surface area contributed by atoms with Crippen molar-refractivity contribution in [2.45, 2.75) is 18.3 Å². The molecule has 102 valence electrons. The summed E-state index contributed by atoms with van der Waals surface area (Å²) in [6.07, 6.45) is -2.50. The van der Waals surface area contributed by atoms with E-state index in [9.17, 15) is 13.2 Å². The Hall–Kier alpha value is -0.260.